The lowest BCUT2D eigenvalue weighted by Gasteiger charge is -2.38. The maximum Gasteiger partial charge on any atom is 0.225 e. The molecule has 0 aromatic carbocycles. The first-order valence-corrected chi connectivity index (χ1v) is 8.94. The predicted octanol–water partition coefficient (Wildman–Crippen LogP) is 2.51. The zero-order valence-electron chi connectivity index (χ0n) is 14.3. The van der Waals surface area contributed by atoms with Crippen LogP contribution in [0.4, 0.5) is 0 Å². The molecule has 23 heavy (non-hydrogen) atoms. The van der Waals surface area contributed by atoms with Crippen molar-refractivity contribution in [3.05, 3.63) is 24.3 Å². The lowest BCUT2D eigenvalue weighted by atomic mass is 9.92. The van der Waals surface area contributed by atoms with Crippen LogP contribution in [0.3, 0.4) is 0 Å². The van der Waals surface area contributed by atoms with E-state index in [9.17, 15) is 4.79 Å². The number of hydrogen-bond donors (Lipinski definition) is 0. The molecule has 126 valence electrons. The Balaban J connectivity index is 1.51. The van der Waals surface area contributed by atoms with Gasteiger partial charge in [-0.25, -0.2) is 0 Å². The maximum atomic E-state index is 12.7. The van der Waals surface area contributed by atoms with Gasteiger partial charge < -0.3 is 4.90 Å². The minimum atomic E-state index is 0.216. The predicted molar refractivity (Wildman–Crippen MR) is 89.7 cm³/mol. The molecule has 1 atom stereocenters. The number of aromatic nitrogens is 2. The summed E-state index contributed by atoms with van der Waals surface area (Å²) >= 11 is 0. The number of carbonyl (C=O) groups excluding carboxylic acids is 1. The Hall–Kier alpha value is -1.49. The number of carbonyl (C=O) groups is 1. The fourth-order valence-electron chi connectivity index (χ4n) is 3.73. The van der Waals surface area contributed by atoms with Crippen molar-refractivity contribution in [3.8, 4) is 0 Å². The summed E-state index contributed by atoms with van der Waals surface area (Å²) in [5, 5.41) is 0. The molecule has 0 saturated carbocycles. The zero-order chi connectivity index (χ0) is 16.2. The average Bonchev–Trinajstić information content (AvgIpc) is 2.62. The van der Waals surface area contributed by atoms with Crippen LogP contribution in [0.5, 0.6) is 0 Å². The molecule has 0 bridgehead atoms. The summed E-state index contributed by atoms with van der Waals surface area (Å²) in [6.45, 7) is 8.32. The van der Waals surface area contributed by atoms with E-state index in [-0.39, 0.29) is 12.0 Å². The summed E-state index contributed by atoms with van der Waals surface area (Å²) in [6, 6.07) is 0.274. The topological polar surface area (TPSA) is 49.3 Å². The van der Waals surface area contributed by atoms with Crippen LogP contribution in [-0.2, 0) is 4.79 Å². The fraction of sp³-hybridized carbons (Fsp3) is 0.722. The molecule has 2 aliphatic rings. The number of nitrogens with zero attached hydrogens (tertiary/aromatic N) is 4. The second-order valence-electron chi connectivity index (χ2n) is 7.12. The number of rotatable bonds is 3. The van der Waals surface area contributed by atoms with Gasteiger partial charge in [-0.05, 0) is 51.6 Å². The molecule has 0 aliphatic carbocycles. The summed E-state index contributed by atoms with van der Waals surface area (Å²) in [5.74, 6) is 1.38. The minimum Gasteiger partial charge on any atom is -0.342 e. The van der Waals surface area contributed by atoms with Crippen molar-refractivity contribution in [1.82, 2.24) is 19.8 Å². The van der Waals surface area contributed by atoms with Gasteiger partial charge in [-0.2, -0.15) is 0 Å². The molecule has 0 unspecified atom stereocenters. The van der Waals surface area contributed by atoms with Gasteiger partial charge in [-0.1, -0.05) is 6.92 Å². The molecule has 3 heterocycles. The summed E-state index contributed by atoms with van der Waals surface area (Å²) in [4.78, 5) is 25.8. The van der Waals surface area contributed by atoms with Gasteiger partial charge in [0.05, 0.1) is 11.7 Å². The molecular formula is C18H28N4O. The van der Waals surface area contributed by atoms with Crippen LogP contribution in [0.2, 0.25) is 0 Å². The molecule has 2 saturated heterocycles. The Labute approximate surface area is 139 Å². The van der Waals surface area contributed by atoms with Crippen LogP contribution in [-0.4, -0.2) is 51.9 Å². The van der Waals surface area contributed by atoms with Crippen LogP contribution in [0, 0.1) is 11.8 Å². The minimum absolute atomic E-state index is 0.216. The molecule has 5 heteroatoms. The van der Waals surface area contributed by atoms with E-state index < -0.39 is 0 Å². The standard InChI is InChI=1S/C18H28N4O/c1-14-3-9-22(10-4-14)18(23)16-5-11-21(12-6-16)15(2)17-13-19-7-8-20-17/h7-8,13-16H,3-6,9-12H2,1-2H3/t15-/m0/s1. The first kappa shape index (κ1) is 16.4. The molecule has 0 N–H and O–H groups in total. The second-order valence-corrected chi connectivity index (χ2v) is 7.12. The third kappa shape index (κ3) is 3.89. The van der Waals surface area contributed by atoms with Crippen molar-refractivity contribution in [2.45, 2.75) is 45.6 Å². The Morgan fingerprint density at radius 1 is 1.13 bits per heavy atom. The van der Waals surface area contributed by atoms with E-state index in [1.165, 1.54) is 0 Å². The van der Waals surface area contributed by atoms with Gasteiger partial charge >= 0.3 is 0 Å². The Morgan fingerprint density at radius 2 is 1.83 bits per heavy atom. The Bertz CT molecular complexity index is 505. The van der Waals surface area contributed by atoms with Crippen LogP contribution in [0.1, 0.15) is 51.3 Å². The van der Waals surface area contributed by atoms with E-state index in [1.54, 1.807) is 12.4 Å². The Kier molecular flexibility index (Phi) is 5.26. The third-order valence-electron chi connectivity index (χ3n) is 5.53. The van der Waals surface area contributed by atoms with Gasteiger partial charge in [-0.15, -0.1) is 0 Å². The van der Waals surface area contributed by atoms with Crippen molar-refractivity contribution in [2.24, 2.45) is 11.8 Å². The van der Waals surface area contributed by atoms with E-state index >= 15 is 0 Å². The molecule has 0 spiro atoms. The van der Waals surface area contributed by atoms with Crippen molar-refractivity contribution in [2.75, 3.05) is 26.2 Å². The third-order valence-corrected chi connectivity index (χ3v) is 5.53. The molecule has 2 fully saturated rings. The van der Waals surface area contributed by atoms with Crippen molar-refractivity contribution in [3.63, 3.8) is 0 Å². The highest BCUT2D eigenvalue weighted by atomic mass is 16.2. The SMILES string of the molecule is CC1CCN(C(=O)C2CCN([C@@H](C)c3cnccn3)CC2)CC1. The van der Waals surface area contributed by atoms with E-state index in [1.807, 2.05) is 6.20 Å². The first-order chi connectivity index (χ1) is 11.1. The summed E-state index contributed by atoms with van der Waals surface area (Å²) < 4.78 is 0. The second kappa shape index (κ2) is 7.39. The van der Waals surface area contributed by atoms with Gasteiger partial charge in [0.1, 0.15) is 0 Å². The highest BCUT2D eigenvalue weighted by Gasteiger charge is 2.31. The molecule has 1 aromatic rings. The molecule has 1 aromatic heterocycles. The quantitative estimate of drug-likeness (QED) is 0.860. The number of piperidine rings is 2. The molecule has 2 aliphatic heterocycles. The van der Waals surface area contributed by atoms with Gasteiger partial charge in [-0.3, -0.25) is 19.7 Å². The first-order valence-electron chi connectivity index (χ1n) is 8.94. The van der Waals surface area contributed by atoms with Crippen molar-refractivity contribution in [1.29, 1.82) is 0 Å². The lowest BCUT2D eigenvalue weighted by Crippen LogP contribution is -2.45. The Morgan fingerprint density at radius 3 is 2.43 bits per heavy atom. The van der Waals surface area contributed by atoms with Crippen molar-refractivity contribution >= 4 is 5.91 Å². The summed E-state index contributed by atoms with van der Waals surface area (Å²) in [5.41, 5.74) is 1.02. The number of likely N-dealkylation sites (tertiary alicyclic amines) is 2. The fourth-order valence-corrected chi connectivity index (χ4v) is 3.73. The average molecular weight is 316 g/mol. The highest BCUT2D eigenvalue weighted by molar-refractivity contribution is 5.79. The van der Waals surface area contributed by atoms with Crippen LogP contribution in [0.25, 0.3) is 0 Å². The zero-order valence-corrected chi connectivity index (χ0v) is 14.3. The monoisotopic (exact) mass is 316 g/mol. The largest absolute Gasteiger partial charge is 0.342 e. The van der Waals surface area contributed by atoms with E-state index in [0.29, 0.717) is 5.91 Å². The van der Waals surface area contributed by atoms with Gasteiger partial charge in [0.25, 0.3) is 0 Å². The smallest absolute Gasteiger partial charge is 0.225 e. The maximum absolute atomic E-state index is 12.7. The van der Waals surface area contributed by atoms with E-state index in [4.69, 9.17) is 0 Å². The van der Waals surface area contributed by atoms with E-state index in [2.05, 4.69) is 33.6 Å². The van der Waals surface area contributed by atoms with Gasteiger partial charge in [0, 0.05) is 37.6 Å². The molecule has 1 amide bonds. The summed E-state index contributed by atoms with van der Waals surface area (Å²) in [7, 11) is 0. The lowest BCUT2D eigenvalue weighted by molar-refractivity contribution is -0.138. The molecule has 5 nitrogen and oxygen atoms in total. The summed E-state index contributed by atoms with van der Waals surface area (Å²) in [6.07, 6.45) is 9.56. The van der Waals surface area contributed by atoms with Crippen LogP contribution in [0.15, 0.2) is 18.6 Å². The van der Waals surface area contributed by atoms with E-state index in [0.717, 1.165) is 63.5 Å². The molecule has 0 radical (unpaired) electrons. The molecule has 3 rings (SSSR count). The molecular weight excluding hydrogens is 288 g/mol. The van der Waals surface area contributed by atoms with Crippen LogP contribution < -0.4 is 0 Å². The van der Waals surface area contributed by atoms with Gasteiger partial charge in [0.2, 0.25) is 5.91 Å². The normalized spacial score (nSPS) is 23.0. The number of hydrogen-bond acceptors (Lipinski definition) is 4. The van der Waals surface area contributed by atoms with Crippen molar-refractivity contribution < 1.29 is 4.79 Å². The number of amides is 1. The van der Waals surface area contributed by atoms with Crippen LogP contribution >= 0.6 is 0 Å². The highest BCUT2D eigenvalue weighted by Crippen LogP contribution is 2.27. The van der Waals surface area contributed by atoms with Gasteiger partial charge in [0.15, 0.2) is 0 Å².